The summed E-state index contributed by atoms with van der Waals surface area (Å²) in [4.78, 5) is 0. The van der Waals surface area contributed by atoms with Crippen molar-refractivity contribution in [2.45, 2.75) is 26.1 Å². The van der Waals surface area contributed by atoms with E-state index in [4.69, 9.17) is 39.7 Å². The number of halogens is 2. The molecule has 1 heterocycles. The Morgan fingerprint density at radius 1 is 0.893 bits per heavy atom. The van der Waals surface area contributed by atoms with Crippen molar-refractivity contribution >= 4 is 51.3 Å². The first-order valence-corrected chi connectivity index (χ1v) is 12.9. The first kappa shape index (κ1) is 21.8. The Morgan fingerprint density at radius 3 is 1.68 bits per heavy atom. The maximum atomic E-state index is 6.70. The van der Waals surface area contributed by atoms with E-state index >= 15 is 0 Å². The summed E-state index contributed by atoms with van der Waals surface area (Å²) in [5, 5.41) is 1.31. The molecule has 0 radical (unpaired) electrons. The van der Waals surface area contributed by atoms with Crippen molar-refractivity contribution in [3.8, 4) is 0 Å². The lowest BCUT2D eigenvalue weighted by atomic mass is 10.2. The monoisotopic (exact) mass is 451 g/mol. The van der Waals surface area contributed by atoms with Gasteiger partial charge in [-0.1, -0.05) is 95.7 Å². The summed E-state index contributed by atoms with van der Waals surface area (Å²) in [5.74, 6) is 4.05. The van der Waals surface area contributed by atoms with Crippen LogP contribution in [0.1, 0.15) is 25.0 Å². The van der Waals surface area contributed by atoms with Crippen LogP contribution in [0.15, 0.2) is 72.3 Å². The zero-order valence-electron chi connectivity index (χ0n) is 16.0. The van der Waals surface area contributed by atoms with E-state index in [0.717, 1.165) is 24.2 Å². The maximum absolute atomic E-state index is 6.70. The predicted molar refractivity (Wildman–Crippen MR) is 126 cm³/mol. The van der Waals surface area contributed by atoms with Crippen molar-refractivity contribution in [1.82, 2.24) is 4.67 Å². The molecule has 2 aromatic rings. The second kappa shape index (κ2) is 9.71. The summed E-state index contributed by atoms with van der Waals surface area (Å²) < 4.78 is 8.23. The van der Waals surface area contributed by atoms with E-state index in [1.54, 1.807) is 0 Å². The van der Waals surface area contributed by atoms with Gasteiger partial charge in [0.05, 0.1) is 28.5 Å². The van der Waals surface area contributed by atoms with Gasteiger partial charge in [-0.15, -0.1) is 0 Å². The fraction of sp³-hybridized carbons (Fsp3) is 0.273. The summed E-state index contributed by atoms with van der Waals surface area (Å²) in [6, 6.07) is 19.8. The van der Waals surface area contributed by atoms with Gasteiger partial charge >= 0.3 is 0 Å². The molecule has 1 aliphatic rings. The Kier molecular flexibility index (Phi) is 7.55. The van der Waals surface area contributed by atoms with Crippen LogP contribution in [0, 0.1) is 0 Å². The van der Waals surface area contributed by atoms with E-state index in [0.29, 0.717) is 10.1 Å². The van der Waals surface area contributed by atoms with E-state index in [9.17, 15) is 0 Å². The molecule has 0 spiro atoms. The van der Waals surface area contributed by atoms with Crippen molar-refractivity contribution in [2.24, 2.45) is 0 Å². The smallest absolute Gasteiger partial charge is 0.0681 e. The minimum absolute atomic E-state index is 0.110. The van der Waals surface area contributed by atoms with E-state index in [1.165, 1.54) is 0 Å². The van der Waals surface area contributed by atoms with E-state index in [-0.39, 0.29) is 12.2 Å². The van der Waals surface area contributed by atoms with Gasteiger partial charge in [0, 0.05) is 13.1 Å². The summed E-state index contributed by atoms with van der Waals surface area (Å²) in [6.07, 6.45) is -2.09. The van der Waals surface area contributed by atoms with Gasteiger partial charge in [-0.25, -0.2) is 0 Å². The molecule has 6 heteroatoms. The summed E-state index contributed by atoms with van der Waals surface area (Å²) in [6.45, 7) is 5.67. The van der Waals surface area contributed by atoms with Gasteiger partial charge in [-0.3, -0.25) is 4.67 Å². The molecule has 1 fully saturated rings. The fourth-order valence-electron chi connectivity index (χ4n) is 3.28. The Balaban J connectivity index is 2.04. The summed E-state index contributed by atoms with van der Waals surface area (Å²) in [5.41, 5.74) is 1.91. The number of morpholine rings is 1. The average molecular weight is 452 g/mol. The van der Waals surface area contributed by atoms with Crippen LogP contribution in [-0.4, -0.2) is 30.0 Å². The summed E-state index contributed by atoms with van der Waals surface area (Å²) >= 11 is 19.6. The van der Waals surface area contributed by atoms with Crippen molar-refractivity contribution < 1.29 is 4.74 Å². The SMILES string of the molecule is C[C@H]1CN(P(=S)(/C=C(\Cl)c2ccccc2)/C=C(\Cl)c2ccccc2)C[C@H](C)O1. The molecule has 0 saturated carbocycles. The van der Waals surface area contributed by atoms with E-state index < -0.39 is 6.19 Å². The van der Waals surface area contributed by atoms with Gasteiger partial charge in [0.1, 0.15) is 0 Å². The van der Waals surface area contributed by atoms with Gasteiger partial charge < -0.3 is 4.74 Å². The van der Waals surface area contributed by atoms with Crippen LogP contribution in [0.25, 0.3) is 10.1 Å². The van der Waals surface area contributed by atoms with E-state index in [1.807, 2.05) is 72.3 Å². The first-order valence-electron chi connectivity index (χ1n) is 9.25. The molecule has 148 valence electrons. The third-order valence-electron chi connectivity index (χ3n) is 4.54. The lowest BCUT2D eigenvalue weighted by molar-refractivity contribution is -0.0428. The molecule has 0 amide bonds. The molecule has 28 heavy (non-hydrogen) atoms. The van der Waals surface area contributed by atoms with Crippen LogP contribution in [0.2, 0.25) is 0 Å². The van der Waals surface area contributed by atoms with E-state index in [2.05, 4.69) is 18.5 Å². The van der Waals surface area contributed by atoms with Crippen molar-refractivity contribution in [3.05, 3.63) is 83.4 Å². The normalized spacial score (nSPS) is 22.3. The highest BCUT2D eigenvalue weighted by Crippen LogP contribution is 2.58. The highest BCUT2D eigenvalue weighted by molar-refractivity contribution is 8.16. The van der Waals surface area contributed by atoms with Gasteiger partial charge in [0.25, 0.3) is 0 Å². The molecular formula is C22H24Cl2NOPS. The highest BCUT2D eigenvalue weighted by Gasteiger charge is 2.31. The number of benzene rings is 2. The van der Waals surface area contributed by atoms with Crippen LogP contribution in [-0.2, 0) is 16.5 Å². The third kappa shape index (κ3) is 5.57. The topological polar surface area (TPSA) is 12.5 Å². The third-order valence-corrected chi connectivity index (χ3v) is 9.29. The van der Waals surface area contributed by atoms with Gasteiger partial charge in [0.2, 0.25) is 0 Å². The lowest BCUT2D eigenvalue weighted by Gasteiger charge is -2.40. The highest BCUT2D eigenvalue weighted by atomic mass is 35.5. The quantitative estimate of drug-likeness (QED) is 0.455. The Hall–Kier alpha value is -0.930. The number of nitrogens with zero attached hydrogens (tertiary/aromatic N) is 1. The van der Waals surface area contributed by atoms with Crippen molar-refractivity contribution in [3.63, 3.8) is 0 Å². The van der Waals surface area contributed by atoms with Crippen molar-refractivity contribution in [2.75, 3.05) is 13.1 Å². The largest absolute Gasteiger partial charge is 0.373 e. The van der Waals surface area contributed by atoms with Crippen LogP contribution in [0.4, 0.5) is 0 Å². The molecule has 2 atom stereocenters. The number of hydrogen-bond donors (Lipinski definition) is 0. The number of ether oxygens (including phenoxy) is 1. The van der Waals surface area contributed by atoms with Crippen LogP contribution in [0.5, 0.6) is 0 Å². The first-order chi connectivity index (χ1) is 13.4. The molecule has 2 aromatic carbocycles. The molecule has 1 saturated heterocycles. The predicted octanol–water partition coefficient (Wildman–Crippen LogP) is 6.96. The number of rotatable bonds is 5. The molecule has 0 aromatic heterocycles. The summed E-state index contributed by atoms with van der Waals surface area (Å²) in [7, 11) is 0. The minimum atomic E-state index is -2.31. The number of hydrogen-bond acceptors (Lipinski definition) is 2. The average Bonchev–Trinajstić information content (AvgIpc) is 2.68. The standard InChI is InChI=1S/C22H24Cl2NOPS/c1-17-13-25(14-18(2)26-17)27(28,15-21(23)19-9-5-3-6-10-19)16-22(24)20-11-7-4-8-12-20/h3-12,15-18H,13-14H2,1-2H3/b21-15-,22-16-/t17-,18-/m0/s1. The zero-order chi connectivity index (χ0) is 20.1. The molecule has 0 unspecified atom stereocenters. The fourth-order valence-corrected chi connectivity index (χ4v) is 8.12. The Labute approximate surface area is 182 Å². The van der Waals surface area contributed by atoms with Gasteiger partial charge in [-0.2, -0.15) is 0 Å². The molecule has 3 rings (SSSR count). The molecule has 1 aliphatic heterocycles. The Morgan fingerprint density at radius 2 is 1.29 bits per heavy atom. The molecule has 0 aliphatic carbocycles. The second-order valence-corrected chi connectivity index (χ2v) is 12.0. The van der Waals surface area contributed by atoms with Crippen LogP contribution >= 0.6 is 29.4 Å². The lowest BCUT2D eigenvalue weighted by Crippen LogP contribution is -2.43. The molecule has 2 nitrogen and oxygen atoms in total. The van der Waals surface area contributed by atoms with Crippen LogP contribution in [0.3, 0.4) is 0 Å². The Bertz CT molecular complexity index is 832. The van der Waals surface area contributed by atoms with Crippen LogP contribution < -0.4 is 0 Å². The molecule has 0 bridgehead atoms. The minimum Gasteiger partial charge on any atom is -0.373 e. The second-order valence-electron chi connectivity index (χ2n) is 6.99. The van der Waals surface area contributed by atoms with Crippen molar-refractivity contribution in [1.29, 1.82) is 0 Å². The molecule has 0 N–H and O–H groups in total. The van der Waals surface area contributed by atoms with Gasteiger partial charge in [-0.05, 0) is 36.6 Å². The maximum Gasteiger partial charge on any atom is 0.0681 e. The zero-order valence-corrected chi connectivity index (χ0v) is 19.2. The van der Waals surface area contributed by atoms with Gasteiger partial charge in [0.15, 0.2) is 0 Å². The molecular weight excluding hydrogens is 428 g/mol.